The molecule has 24 heavy (non-hydrogen) atoms. The Labute approximate surface area is 144 Å². The zero-order valence-electron chi connectivity index (χ0n) is 14.4. The number of ether oxygens (including phenoxy) is 1. The van der Waals surface area contributed by atoms with Crippen LogP contribution in [0, 0.1) is 0 Å². The third-order valence-electron chi connectivity index (χ3n) is 5.48. The van der Waals surface area contributed by atoms with Crippen LogP contribution in [0.5, 0.6) is 11.5 Å². The van der Waals surface area contributed by atoms with Crippen molar-refractivity contribution >= 4 is 0 Å². The molecule has 0 bridgehead atoms. The van der Waals surface area contributed by atoms with Gasteiger partial charge >= 0.3 is 0 Å². The van der Waals surface area contributed by atoms with Crippen molar-refractivity contribution in [1.82, 2.24) is 9.80 Å². The number of hydrogen-bond donors (Lipinski definition) is 0. The molecule has 3 heteroatoms. The second-order valence-electron chi connectivity index (χ2n) is 7.02. The summed E-state index contributed by atoms with van der Waals surface area (Å²) in [5, 5.41) is 0. The van der Waals surface area contributed by atoms with Crippen LogP contribution in [0.2, 0.25) is 0 Å². The van der Waals surface area contributed by atoms with E-state index >= 15 is 0 Å². The molecule has 2 saturated heterocycles. The number of rotatable bonds is 4. The van der Waals surface area contributed by atoms with Crippen molar-refractivity contribution in [3.05, 3.63) is 60.2 Å². The normalized spacial score (nSPS) is 24.7. The minimum atomic E-state index is 0.639. The summed E-state index contributed by atoms with van der Waals surface area (Å²) in [6.07, 6.45) is 2.72. The zero-order valence-corrected chi connectivity index (χ0v) is 14.4. The van der Waals surface area contributed by atoms with Gasteiger partial charge in [0.15, 0.2) is 0 Å². The highest BCUT2D eigenvalue weighted by Crippen LogP contribution is 2.28. The average Bonchev–Trinajstić information content (AvgIpc) is 3.08. The van der Waals surface area contributed by atoms with Gasteiger partial charge in [-0.1, -0.05) is 30.3 Å². The molecule has 4 rings (SSSR count). The van der Waals surface area contributed by atoms with Gasteiger partial charge < -0.3 is 4.74 Å². The standard InChI is InChI=1S/C21H26N2O/c1-17-21-11-6-12-22(21)13-14-23(17)16-18-7-5-10-20(15-18)24-19-8-3-2-4-9-19/h2-5,7-10,15,17,21H,6,11-14,16H2,1H3/t17-,21+/m0/s1. The van der Waals surface area contributed by atoms with E-state index in [0.29, 0.717) is 6.04 Å². The van der Waals surface area contributed by atoms with Crippen LogP contribution in [-0.4, -0.2) is 41.5 Å². The van der Waals surface area contributed by atoms with Gasteiger partial charge in [-0.25, -0.2) is 0 Å². The monoisotopic (exact) mass is 322 g/mol. The maximum absolute atomic E-state index is 5.98. The first-order valence-electron chi connectivity index (χ1n) is 9.09. The van der Waals surface area contributed by atoms with Crippen LogP contribution in [0.4, 0.5) is 0 Å². The Balaban J connectivity index is 1.44. The van der Waals surface area contributed by atoms with Crippen molar-refractivity contribution in [2.45, 2.75) is 38.4 Å². The zero-order chi connectivity index (χ0) is 16.4. The first-order chi connectivity index (χ1) is 11.8. The Hall–Kier alpha value is -1.84. The number of hydrogen-bond acceptors (Lipinski definition) is 3. The van der Waals surface area contributed by atoms with E-state index < -0.39 is 0 Å². The largest absolute Gasteiger partial charge is 0.457 e. The van der Waals surface area contributed by atoms with Crippen LogP contribution in [0.15, 0.2) is 54.6 Å². The lowest BCUT2D eigenvalue weighted by molar-refractivity contribution is 0.0470. The van der Waals surface area contributed by atoms with Gasteiger partial charge in [-0.3, -0.25) is 9.80 Å². The topological polar surface area (TPSA) is 15.7 Å². The minimum Gasteiger partial charge on any atom is -0.457 e. The second-order valence-corrected chi connectivity index (χ2v) is 7.02. The number of para-hydroxylation sites is 1. The summed E-state index contributed by atoms with van der Waals surface area (Å²) in [7, 11) is 0. The number of benzene rings is 2. The van der Waals surface area contributed by atoms with Gasteiger partial charge in [0.2, 0.25) is 0 Å². The summed E-state index contributed by atoms with van der Waals surface area (Å²) in [5.74, 6) is 1.81. The van der Waals surface area contributed by atoms with Crippen molar-refractivity contribution < 1.29 is 4.74 Å². The van der Waals surface area contributed by atoms with Gasteiger partial charge in [0.1, 0.15) is 11.5 Å². The van der Waals surface area contributed by atoms with Crippen LogP contribution >= 0.6 is 0 Å². The summed E-state index contributed by atoms with van der Waals surface area (Å²) in [6.45, 7) is 7.09. The van der Waals surface area contributed by atoms with E-state index in [0.717, 1.165) is 24.1 Å². The Morgan fingerprint density at radius 3 is 2.67 bits per heavy atom. The molecule has 0 spiro atoms. The fourth-order valence-corrected chi connectivity index (χ4v) is 4.17. The summed E-state index contributed by atoms with van der Waals surface area (Å²) >= 11 is 0. The van der Waals surface area contributed by atoms with E-state index in [9.17, 15) is 0 Å². The quantitative estimate of drug-likeness (QED) is 0.841. The smallest absolute Gasteiger partial charge is 0.127 e. The average molecular weight is 322 g/mol. The molecule has 126 valence electrons. The molecule has 0 radical (unpaired) electrons. The Morgan fingerprint density at radius 2 is 1.79 bits per heavy atom. The first-order valence-corrected chi connectivity index (χ1v) is 9.09. The van der Waals surface area contributed by atoms with Crippen molar-refractivity contribution in [1.29, 1.82) is 0 Å². The van der Waals surface area contributed by atoms with Crippen LogP contribution < -0.4 is 4.74 Å². The number of piperazine rings is 1. The molecule has 0 unspecified atom stereocenters. The molecule has 0 aromatic heterocycles. The van der Waals surface area contributed by atoms with Crippen molar-refractivity contribution in [2.75, 3.05) is 19.6 Å². The van der Waals surface area contributed by atoms with Gasteiger partial charge in [0.05, 0.1) is 0 Å². The van der Waals surface area contributed by atoms with Crippen molar-refractivity contribution in [3.63, 3.8) is 0 Å². The number of fused-ring (bicyclic) bond motifs is 1. The molecule has 2 heterocycles. The molecule has 3 nitrogen and oxygen atoms in total. The van der Waals surface area contributed by atoms with Crippen LogP contribution in [-0.2, 0) is 6.54 Å². The van der Waals surface area contributed by atoms with Gasteiger partial charge in [-0.2, -0.15) is 0 Å². The maximum atomic E-state index is 5.98. The predicted molar refractivity (Wildman–Crippen MR) is 97.4 cm³/mol. The summed E-state index contributed by atoms with van der Waals surface area (Å²) in [6, 6.07) is 19.9. The Bertz CT molecular complexity index is 673. The predicted octanol–water partition coefficient (Wildman–Crippen LogP) is 4.15. The third kappa shape index (κ3) is 3.33. The van der Waals surface area contributed by atoms with Gasteiger partial charge in [-0.15, -0.1) is 0 Å². The molecular weight excluding hydrogens is 296 g/mol. The van der Waals surface area contributed by atoms with E-state index in [-0.39, 0.29) is 0 Å². The Kier molecular flexibility index (Phi) is 4.54. The lowest BCUT2D eigenvalue weighted by Crippen LogP contribution is -2.55. The summed E-state index contributed by atoms with van der Waals surface area (Å²) in [5.41, 5.74) is 1.33. The highest BCUT2D eigenvalue weighted by Gasteiger charge is 2.36. The van der Waals surface area contributed by atoms with E-state index in [1.807, 2.05) is 36.4 Å². The molecule has 2 fully saturated rings. The molecular formula is C21H26N2O. The first kappa shape index (κ1) is 15.7. The van der Waals surface area contributed by atoms with Crippen LogP contribution in [0.3, 0.4) is 0 Å². The van der Waals surface area contributed by atoms with Crippen LogP contribution in [0.25, 0.3) is 0 Å². The Morgan fingerprint density at radius 1 is 0.958 bits per heavy atom. The fourth-order valence-electron chi connectivity index (χ4n) is 4.17. The summed E-state index contributed by atoms with van der Waals surface area (Å²) in [4.78, 5) is 5.31. The lowest BCUT2D eigenvalue weighted by Gasteiger charge is -2.43. The molecule has 2 aromatic rings. The van der Waals surface area contributed by atoms with Crippen LogP contribution in [0.1, 0.15) is 25.3 Å². The summed E-state index contributed by atoms with van der Waals surface area (Å²) < 4.78 is 5.98. The molecule has 2 aliphatic rings. The van der Waals surface area contributed by atoms with Crippen molar-refractivity contribution in [2.24, 2.45) is 0 Å². The highest BCUT2D eigenvalue weighted by atomic mass is 16.5. The minimum absolute atomic E-state index is 0.639. The van der Waals surface area contributed by atoms with Gasteiger partial charge in [-0.05, 0) is 56.1 Å². The number of nitrogens with zero attached hydrogens (tertiary/aromatic N) is 2. The highest BCUT2D eigenvalue weighted by molar-refractivity contribution is 5.33. The molecule has 2 aliphatic heterocycles. The SMILES string of the molecule is C[C@H]1[C@H]2CCCN2CCN1Cc1cccc(Oc2ccccc2)c1. The third-order valence-corrected chi connectivity index (χ3v) is 5.48. The lowest BCUT2D eigenvalue weighted by atomic mass is 10.0. The molecule has 0 amide bonds. The molecule has 0 saturated carbocycles. The van der Waals surface area contributed by atoms with E-state index in [4.69, 9.17) is 4.74 Å². The second kappa shape index (κ2) is 6.96. The molecule has 0 N–H and O–H groups in total. The van der Waals surface area contributed by atoms with Gasteiger partial charge in [0.25, 0.3) is 0 Å². The molecule has 2 atom stereocenters. The van der Waals surface area contributed by atoms with Crippen molar-refractivity contribution in [3.8, 4) is 11.5 Å². The van der Waals surface area contributed by atoms with E-state index in [1.165, 1.54) is 38.0 Å². The van der Waals surface area contributed by atoms with E-state index in [1.54, 1.807) is 0 Å². The molecule has 2 aromatic carbocycles. The maximum Gasteiger partial charge on any atom is 0.127 e. The van der Waals surface area contributed by atoms with E-state index in [2.05, 4.69) is 34.9 Å². The fraction of sp³-hybridized carbons (Fsp3) is 0.429. The molecule has 0 aliphatic carbocycles. The van der Waals surface area contributed by atoms with Gasteiger partial charge in [0, 0.05) is 31.7 Å².